The van der Waals surface area contributed by atoms with Crippen LogP contribution in [0.5, 0.6) is 5.75 Å². The maximum absolute atomic E-state index is 5.70. The number of hydrogen-bond donors (Lipinski definition) is 2. The van der Waals surface area contributed by atoms with Gasteiger partial charge in [-0.3, -0.25) is 4.99 Å². The van der Waals surface area contributed by atoms with Gasteiger partial charge in [0.2, 0.25) is 0 Å². The smallest absolute Gasteiger partial charge is 0.191 e. The number of rotatable bonds is 6. The van der Waals surface area contributed by atoms with Crippen molar-refractivity contribution < 1.29 is 4.74 Å². The van der Waals surface area contributed by atoms with E-state index < -0.39 is 0 Å². The summed E-state index contributed by atoms with van der Waals surface area (Å²) in [4.78, 5) is 4.23. The Balaban J connectivity index is 2.56. The Morgan fingerprint density at radius 2 is 2.05 bits per heavy atom. The van der Waals surface area contributed by atoms with Gasteiger partial charge in [-0.15, -0.1) is 0 Å². The molecule has 0 fully saturated rings. The standard InChI is InChI=1S/C16H27N3O/c1-6-13(4)19-16(17-5)18-11-14-8-7-9-15(10-14)20-12(2)3/h7-10,12-13H,6,11H2,1-5H3,(H2,17,18,19). The highest BCUT2D eigenvalue weighted by Crippen LogP contribution is 2.14. The van der Waals surface area contributed by atoms with Crippen LogP contribution in [0.4, 0.5) is 0 Å². The van der Waals surface area contributed by atoms with Crippen LogP contribution in [-0.2, 0) is 6.54 Å². The highest BCUT2D eigenvalue weighted by Gasteiger charge is 2.04. The average Bonchev–Trinajstić information content (AvgIpc) is 2.42. The molecule has 0 heterocycles. The zero-order valence-corrected chi connectivity index (χ0v) is 13.2. The number of nitrogens with zero attached hydrogens (tertiary/aromatic N) is 1. The topological polar surface area (TPSA) is 45.7 Å². The predicted octanol–water partition coefficient (Wildman–Crippen LogP) is 2.94. The van der Waals surface area contributed by atoms with Gasteiger partial charge in [0.05, 0.1) is 6.10 Å². The second-order valence-corrected chi connectivity index (χ2v) is 5.19. The molecule has 112 valence electrons. The lowest BCUT2D eigenvalue weighted by Crippen LogP contribution is -2.41. The van der Waals surface area contributed by atoms with Crippen molar-refractivity contribution in [3.8, 4) is 5.75 Å². The quantitative estimate of drug-likeness (QED) is 0.621. The first-order valence-electron chi connectivity index (χ1n) is 7.28. The van der Waals surface area contributed by atoms with Crippen molar-refractivity contribution in [2.45, 2.75) is 52.8 Å². The van der Waals surface area contributed by atoms with Gasteiger partial charge < -0.3 is 15.4 Å². The van der Waals surface area contributed by atoms with Crippen molar-refractivity contribution in [2.75, 3.05) is 7.05 Å². The Hall–Kier alpha value is -1.71. The molecule has 0 aliphatic rings. The maximum Gasteiger partial charge on any atom is 0.191 e. The summed E-state index contributed by atoms with van der Waals surface area (Å²) in [6, 6.07) is 8.55. The van der Waals surface area contributed by atoms with E-state index in [0.717, 1.165) is 24.7 Å². The molecule has 1 rings (SSSR count). The molecule has 0 aliphatic carbocycles. The van der Waals surface area contributed by atoms with E-state index in [9.17, 15) is 0 Å². The molecule has 1 unspecified atom stereocenters. The summed E-state index contributed by atoms with van der Waals surface area (Å²) in [6.45, 7) is 9.08. The van der Waals surface area contributed by atoms with Gasteiger partial charge in [-0.1, -0.05) is 19.1 Å². The zero-order chi connectivity index (χ0) is 15.0. The molecule has 0 saturated carbocycles. The molecule has 1 aromatic carbocycles. The molecule has 4 nitrogen and oxygen atoms in total. The van der Waals surface area contributed by atoms with E-state index in [1.165, 1.54) is 5.56 Å². The fraction of sp³-hybridized carbons (Fsp3) is 0.562. The van der Waals surface area contributed by atoms with Crippen LogP contribution >= 0.6 is 0 Å². The molecule has 1 aromatic rings. The van der Waals surface area contributed by atoms with Gasteiger partial charge in [-0.2, -0.15) is 0 Å². The van der Waals surface area contributed by atoms with Crippen LogP contribution in [0.15, 0.2) is 29.3 Å². The minimum Gasteiger partial charge on any atom is -0.491 e. The number of hydrogen-bond acceptors (Lipinski definition) is 2. The van der Waals surface area contributed by atoms with E-state index in [1.54, 1.807) is 7.05 Å². The fourth-order valence-electron chi connectivity index (χ4n) is 1.72. The van der Waals surface area contributed by atoms with Crippen molar-refractivity contribution >= 4 is 5.96 Å². The van der Waals surface area contributed by atoms with E-state index in [2.05, 4.69) is 41.6 Å². The fourth-order valence-corrected chi connectivity index (χ4v) is 1.72. The highest BCUT2D eigenvalue weighted by atomic mass is 16.5. The molecule has 1 atom stereocenters. The van der Waals surface area contributed by atoms with Crippen LogP contribution in [0.3, 0.4) is 0 Å². The van der Waals surface area contributed by atoms with Crippen LogP contribution in [0.25, 0.3) is 0 Å². The van der Waals surface area contributed by atoms with Crippen LogP contribution in [0.1, 0.15) is 39.7 Å². The molecule has 0 saturated heterocycles. The molecule has 0 spiro atoms. The molecule has 2 N–H and O–H groups in total. The van der Waals surface area contributed by atoms with Gasteiger partial charge in [0, 0.05) is 19.6 Å². The molecule has 0 radical (unpaired) electrons. The number of ether oxygens (including phenoxy) is 1. The minimum atomic E-state index is 0.193. The van der Waals surface area contributed by atoms with E-state index in [-0.39, 0.29) is 6.10 Å². The number of aliphatic imine (C=N–C) groups is 1. The Morgan fingerprint density at radius 1 is 1.30 bits per heavy atom. The molecular weight excluding hydrogens is 250 g/mol. The monoisotopic (exact) mass is 277 g/mol. The minimum absolute atomic E-state index is 0.193. The van der Waals surface area contributed by atoms with E-state index in [1.807, 2.05) is 26.0 Å². The van der Waals surface area contributed by atoms with Crippen molar-refractivity contribution in [3.05, 3.63) is 29.8 Å². The third kappa shape index (κ3) is 5.95. The van der Waals surface area contributed by atoms with Crippen LogP contribution in [0, 0.1) is 0 Å². The third-order valence-corrected chi connectivity index (χ3v) is 2.95. The molecule has 20 heavy (non-hydrogen) atoms. The van der Waals surface area contributed by atoms with E-state index in [0.29, 0.717) is 6.04 Å². The van der Waals surface area contributed by atoms with Crippen LogP contribution in [-0.4, -0.2) is 25.2 Å². The Labute approximate surface area is 122 Å². The predicted molar refractivity (Wildman–Crippen MR) is 85.3 cm³/mol. The molecular formula is C16H27N3O. The number of guanidine groups is 1. The van der Waals surface area contributed by atoms with Crippen LogP contribution in [0.2, 0.25) is 0 Å². The summed E-state index contributed by atoms with van der Waals surface area (Å²) < 4.78 is 5.70. The first-order valence-corrected chi connectivity index (χ1v) is 7.28. The first-order chi connectivity index (χ1) is 9.55. The highest BCUT2D eigenvalue weighted by molar-refractivity contribution is 5.79. The zero-order valence-electron chi connectivity index (χ0n) is 13.2. The van der Waals surface area contributed by atoms with Gasteiger partial charge in [0.15, 0.2) is 5.96 Å². The van der Waals surface area contributed by atoms with Gasteiger partial charge in [-0.25, -0.2) is 0 Å². The van der Waals surface area contributed by atoms with Crippen molar-refractivity contribution in [1.82, 2.24) is 10.6 Å². The Bertz CT molecular complexity index is 429. The summed E-state index contributed by atoms with van der Waals surface area (Å²) in [7, 11) is 1.79. The Morgan fingerprint density at radius 3 is 2.65 bits per heavy atom. The summed E-state index contributed by atoms with van der Waals surface area (Å²) in [5, 5.41) is 6.66. The van der Waals surface area contributed by atoms with Gasteiger partial charge in [0.25, 0.3) is 0 Å². The largest absolute Gasteiger partial charge is 0.491 e. The molecule has 0 aromatic heterocycles. The van der Waals surface area contributed by atoms with E-state index >= 15 is 0 Å². The molecule has 0 bridgehead atoms. The number of benzene rings is 1. The molecule has 4 heteroatoms. The lowest BCUT2D eigenvalue weighted by Gasteiger charge is -2.17. The Kier molecular flexibility index (Phi) is 6.91. The number of nitrogens with one attached hydrogen (secondary N) is 2. The van der Waals surface area contributed by atoms with Crippen LogP contribution < -0.4 is 15.4 Å². The van der Waals surface area contributed by atoms with Gasteiger partial charge >= 0.3 is 0 Å². The SMILES string of the molecule is CCC(C)NC(=NC)NCc1cccc(OC(C)C)c1. The summed E-state index contributed by atoms with van der Waals surface area (Å²) in [5.41, 5.74) is 1.18. The second kappa shape index (κ2) is 8.46. The summed E-state index contributed by atoms with van der Waals surface area (Å²) in [5.74, 6) is 1.73. The summed E-state index contributed by atoms with van der Waals surface area (Å²) >= 11 is 0. The average molecular weight is 277 g/mol. The second-order valence-electron chi connectivity index (χ2n) is 5.19. The van der Waals surface area contributed by atoms with Crippen molar-refractivity contribution in [1.29, 1.82) is 0 Å². The molecule has 0 aliphatic heterocycles. The van der Waals surface area contributed by atoms with Gasteiger partial charge in [-0.05, 0) is 44.9 Å². The first kappa shape index (κ1) is 16.3. The van der Waals surface area contributed by atoms with Gasteiger partial charge in [0.1, 0.15) is 5.75 Å². The maximum atomic E-state index is 5.70. The van der Waals surface area contributed by atoms with Crippen molar-refractivity contribution in [3.63, 3.8) is 0 Å². The van der Waals surface area contributed by atoms with E-state index in [4.69, 9.17) is 4.74 Å². The van der Waals surface area contributed by atoms with Crippen molar-refractivity contribution in [2.24, 2.45) is 4.99 Å². The normalized spacial score (nSPS) is 13.2. The lowest BCUT2D eigenvalue weighted by molar-refractivity contribution is 0.242. The summed E-state index contributed by atoms with van der Waals surface area (Å²) in [6.07, 6.45) is 1.26. The third-order valence-electron chi connectivity index (χ3n) is 2.95. The lowest BCUT2D eigenvalue weighted by atomic mass is 10.2. The molecule has 0 amide bonds.